The first kappa shape index (κ1) is 18.2. The molecule has 0 heterocycles. The maximum Gasteiger partial charge on any atom is 0.255 e. The Morgan fingerprint density at radius 3 is 2.48 bits per heavy atom. The molecule has 0 saturated heterocycles. The number of hydrogen-bond acceptors (Lipinski definition) is 4. The van der Waals surface area contributed by atoms with E-state index in [9.17, 15) is 14.4 Å². The predicted octanol–water partition coefficient (Wildman–Crippen LogP) is 2.34. The Hall–Kier alpha value is -3.19. The molecule has 0 saturated carbocycles. The van der Waals surface area contributed by atoms with Crippen molar-refractivity contribution in [1.29, 1.82) is 0 Å². The van der Waals surface area contributed by atoms with Crippen molar-refractivity contribution in [2.45, 2.75) is 19.8 Å². The van der Waals surface area contributed by atoms with Crippen molar-refractivity contribution in [3.8, 4) is 0 Å². The average molecular weight is 341 g/mol. The summed E-state index contributed by atoms with van der Waals surface area (Å²) in [4.78, 5) is 34.8. The molecule has 2 aromatic rings. The molecule has 0 fully saturated rings. The molecule has 25 heavy (non-hydrogen) atoms. The monoisotopic (exact) mass is 341 g/mol. The van der Waals surface area contributed by atoms with E-state index >= 15 is 0 Å². The zero-order chi connectivity index (χ0) is 18.2. The van der Waals surface area contributed by atoms with E-state index in [0.717, 1.165) is 5.56 Å². The zero-order valence-corrected chi connectivity index (χ0v) is 13.7. The van der Waals surface area contributed by atoms with Crippen molar-refractivity contribution < 1.29 is 19.6 Å². The number of hydrogen-bond donors (Lipinski definition) is 4. The number of rotatable bonds is 6. The molecule has 0 unspecified atom stereocenters. The van der Waals surface area contributed by atoms with Gasteiger partial charge in [0.05, 0.1) is 0 Å². The van der Waals surface area contributed by atoms with E-state index in [-0.39, 0.29) is 18.2 Å². The van der Waals surface area contributed by atoms with Gasteiger partial charge in [-0.25, -0.2) is 5.48 Å². The van der Waals surface area contributed by atoms with E-state index in [1.54, 1.807) is 54.0 Å². The second kappa shape index (κ2) is 8.60. The molecule has 2 aromatic carbocycles. The Labute approximate surface area is 145 Å². The van der Waals surface area contributed by atoms with E-state index in [1.807, 2.05) is 0 Å². The van der Waals surface area contributed by atoms with Crippen molar-refractivity contribution in [1.82, 2.24) is 5.48 Å². The number of aryl methyl sites for hydroxylation is 1. The second-order valence-corrected chi connectivity index (χ2v) is 5.41. The lowest BCUT2D eigenvalue weighted by atomic mass is 10.1. The summed E-state index contributed by atoms with van der Waals surface area (Å²) in [7, 11) is 0. The Morgan fingerprint density at radius 2 is 1.76 bits per heavy atom. The summed E-state index contributed by atoms with van der Waals surface area (Å²) in [6, 6.07) is 13.7. The summed E-state index contributed by atoms with van der Waals surface area (Å²) in [5, 5.41) is 14.0. The predicted molar refractivity (Wildman–Crippen MR) is 93.4 cm³/mol. The molecule has 0 atom stereocenters. The standard InChI is InChI=1S/C18H19N3O4/c1-12(22)19-15-7-4-6-14(11-15)18(24)20-16-8-3-2-5-13(16)9-10-17(23)21-25/h2-8,11,25H,9-10H2,1H3,(H,19,22)(H,20,24)(H,21,23). The van der Waals surface area contributed by atoms with Gasteiger partial charge in [-0.3, -0.25) is 19.6 Å². The highest BCUT2D eigenvalue weighted by Gasteiger charge is 2.11. The number of carbonyl (C=O) groups is 3. The molecule has 0 radical (unpaired) electrons. The van der Waals surface area contributed by atoms with Gasteiger partial charge >= 0.3 is 0 Å². The minimum absolute atomic E-state index is 0.0986. The maximum absolute atomic E-state index is 12.5. The summed E-state index contributed by atoms with van der Waals surface area (Å²) in [6.07, 6.45) is 0.468. The first-order valence-electron chi connectivity index (χ1n) is 7.69. The van der Waals surface area contributed by atoms with Crippen molar-refractivity contribution in [3.05, 3.63) is 59.7 Å². The van der Waals surface area contributed by atoms with Crippen LogP contribution in [0.4, 0.5) is 11.4 Å². The van der Waals surface area contributed by atoms with Crippen LogP contribution >= 0.6 is 0 Å². The van der Waals surface area contributed by atoms with Crippen LogP contribution in [0.15, 0.2) is 48.5 Å². The quantitative estimate of drug-likeness (QED) is 0.478. The van der Waals surface area contributed by atoms with Crippen LogP contribution in [-0.2, 0) is 16.0 Å². The molecule has 0 aliphatic carbocycles. The largest absolute Gasteiger partial charge is 0.326 e. The summed E-state index contributed by atoms with van der Waals surface area (Å²) in [5.74, 6) is -1.04. The smallest absolute Gasteiger partial charge is 0.255 e. The Balaban J connectivity index is 2.12. The molecule has 4 N–H and O–H groups in total. The minimum Gasteiger partial charge on any atom is -0.326 e. The molecular formula is C18H19N3O4. The number of para-hydroxylation sites is 1. The number of hydroxylamine groups is 1. The molecule has 7 nitrogen and oxygen atoms in total. The van der Waals surface area contributed by atoms with Gasteiger partial charge in [0.1, 0.15) is 0 Å². The number of benzene rings is 2. The number of amides is 3. The van der Waals surface area contributed by atoms with Gasteiger partial charge in [-0.1, -0.05) is 24.3 Å². The molecule has 7 heteroatoms. The van der Waals surface area contributed by atoms with Gasteiger partial charge in [-0.15, -0.1) is 0 Å². The van der Waals surface area contributed by atoms with E-state index in [1.165, 1.54) is 6.92 Å². The molecule has 0 bridgehead atoms. The van der Waals surface area contributed by atoms with Crippen LogP contribution in [-0.4, -0.2) is 22.9 Å². The van der Waals surface area contributed by atoms with Crippen molar-refractivity contribution in [2.24, 2.45) is 0 Å². The third-order valence-corrected chi connectivity index (χ3v) is 3.46. The van der Waals surface area contributed by atoms with Crippen molar-refractivity contribution in [3.63, 3.8) is 0 Å². The fraction of sp³-hybridized carbons (Fsp3) is 0.167. The van der Waals surface area contributed by atoms with Crippen LogP contribution in [0.2, 0.25) is 0 Å². The zero-order valence-electron chi connectivity index (χ0n) is 13.7. The van der Waals surface area contributed by atoms with Crippen LogP contribution < -0.4 is 16.1 Å². The highest BCUT2D eigenvalue weighted by atomic mass is 16.5. The maximum atomic E-state index is 12.5. The van der Waals surface area contributed by atoms with E-state index < -0.39 is 5.91 Å². The Morgan fingerprint density at radius 1 is 1.00 bits per heavy atom. The molecule has 0 aliphatic heterocycles. The first-order valence-corrected chi connectivity index (χ1v) is 7.69. The number of carbonyl (C=O) groups excluding carboxylic acids is 3. The molecule has 0 aromatic heterocycles. The molecular weight excluding hydrogens is 322 g/mol. The number of nitrogens with one attached hydrogen (secondary N) is 3. The van der Waals surface area contributed by atoms with E-state index in [0.29, 0.717) is 23.4 Å². The average Bonchev–Trinajstić information content (AvgIpc) is 2.60. The van der Waals surface area contributed by atoms with Crippen molar-refractivity contribution in [2.75, 3.05) is 10.6 Å². The van der Waals surface area contributed by atoms with Crippen LogP contribution in [0.25, 0.3) is 0 Å². The summed E-state index contributed by atoms with van der Waals surface area (Å²) in [5.41, 5.74) is 3.88. The SMILES string of the molecule is CC(=O)Nc1cccc(C(=O)Nc2ccccc2CCC(=O)NO)c1. The summed E-state index contributed by atoms with van der Waals surface area (Å²) < 4.78 is 0. The topological polar surface area (TPSA) is 108 Å². The lowest BCUT2D eigenvalue weighted by molar-refractivity contribution is -0.129. The van der Waals surface area contributed by atoms with Gasteiger partial charge < -0.3 is 10.6 Å². The molecule has 130 valence electrons. The highest BCUT2D eigenvalue weighted by molar-refractivity contribution is 6.05. The third kappa shape index (κ3) is 5.43. The van der Waals surface area contributed by atoms with Gasteiger partial charge in [0.2, 0.25) is 11.8 Å². The summed E-state index contributed by atoms with van der Waals surface area (Å²) >= 11 is 0. The molecule has 0 aliphatic rings. The van der Waals surface area contributed by atoms with Gasteiger partial charge in [-0.05, 0) is 36.2 Å². The fourth-order valence-electron chi connectivity index (χ4n) is 2.30. The molecule has 3 amide bonds. The minimum atomic E-state index is -0.496. The van der Waals surface area contributed by atoms with E-state index in [2.05, 4.69) is 10.6 Å². The van der Waals surface area contributed by atoms with Crippen LogP contribution in [0.1, 0.15) is 29.3 Å². The Bertz CT molecular complexity index is 789. The fourth-order valence-corrected chi connectivity index (χ4v) is 2.30. The van der Waals surface area contributed by atoms with Gasteiger partial charge in [0.25, 0.3) is 5.91 Å². The lowest BCUT2D eigenvalue weighted by Gasteiger charge is -2.11. The van der Waals surface area contributed by atoms with Gasteiger partial charge in [0, 0.05) is 30.3 Å². The second-order valence-electron chi connectivity index (χ2n) is 5.41. The van der Waals surface area contributed by atoms with Crippen LogP contribution in [0.3, 0.4) is 0 Å². The summed E-state index contributed by atoms with van der Waals surface area (Å²) in [6.45, 7) is 1.39. The van der Waals surface area contributed by atoms with E-state index in [4.69, 9.17) is 5.21 Å². The molecule has 2 rings (SSSR count). The third-order valence-electron chi connectivity index (χ3n) is 3.46. The first-order chi connectivity index (χ1) is 12.0. The number of anilines is 2. The van der Waals surface area contributed by atoms with Crippen LogP contribution in [0.5, 0.6) is 0 Å². The van der Waals surface area contributed by atoms with Gasteiger partial charge in [0.15, 0.2) is 0 Å². The van der Waals surface area contributed by atoms with Crippen molar-refractivity contribution >= 4 is 29.1 Å². The highest BCUT2D eigenvalue weighted by Crippen LogP contribution is 2.19. The Kier molecular flexibility index (Phi) is 6.25. The lowest BCUT2D eigenvalue weighted by Crippen LogP contribution is -2.19. The van der Waals surface area contributed by atoms with Crippen LogP contribution in [0, 0.1) is 0 Å². The normalized spacial score (nSPS) is 10.0. The van der Waals surface area contributed by atoms with Gasteiger partial charge in [-0.2, -0.15) is 0 Å². The molecule has 0 spiro atoms.